The third-order valence-corrected chi connectivity index (χ3v) is 4.06. The van der Waals surface area contributed by atoms with Gasteiger partial charge in [-0.1, -0.05) is 0 Å². The summed E-state index contributed by atoms with van der Waals surface area (Å²) in [5.41, 5.74) is 0.630. The molecule has 1 aromatic rings. The zero-order valence-electron chi connectivity index (χ0n) is 14.7. The normalized spacial score (nSPS) is 17.3. The number of hydrogen-bond donors (Lipinski definition) is 1. The first-order chi connectivity index (χ1) is 11.5. The number of carbonyl (C=O) groups is 2. The van der Waals surface area contributed by atoms with Crippen molar-refractivity contribution in [2.75, 3.05) is 52.8 Å². The number of amides is 2. The number of anilines is 1. The van der Waals surface area contributed by atoms with Gasteiger partial charge in [-0.3, -0.25) is 9.59 Å². The minimum Gasteiger partial charge on any atom is -0.497 e. The van der Waals surface area contributed by atoms with Gasteiger partial charge in [0.2, 0.25) is 11.8 Å². The lowest BCUT2D eigenvalue weighted by atomic mass is 10.1. The maximum Gasteiger partial charge on any atom is 0.239 e. The van der Waals surface area contributed by atoms with Gasteiger partial charge in [-0.25, -0.2) is 0 Å². The Morgan fingerprint density at radius 2 is 2.08 bits per heavy atom. The van der Waals surface area contributed by atoms with Gasteiger partial charge < -0.3 is 24.6 Å². The minimum atomic E-state index is -0.650. The van der Waals surface area contributed by atoms with E-state index in [0.717, 1.165) is 6.54 Å². The smallest absolute Gasteiger partial charge is 0.239 e. The van der Waals surface area contributed by atoms with Gasteiger partial charge in [0.15, 0.2) is 0 Å². The molecule has 1 aliphatic rings. The van der Waals surface area contributed by atoms with E-state index in [1.54, 1.807) is 37.3 Å². The van der Waals surface area contributed by atoms with Crippen LogP contribution in [0.5, 0.6) is 11.5 Å². The summed E-state index contributed by atoms with van der Waals surface area (Å²) in [6.45, 7) is 1.74. The summed E-state index contributed by atoms with van der Waals surface area (Å²) in [6.07, 6.45) is 0.493. The molecule has 0 aromatic heterocycles. The molecule has 0 unspecified atom stereocenters. The van der Waals surface area contributed by atoms with Crippen molar-refractivity contribution in [1.82, 2.24) is 10.2 Å². The molecule has 0 aliphatic carbocycles. The van der Waals surface area contributed by atoms with Crippen molar-refractivity contribution in [2.45, 2.75) is 6.42 Å². The van der Waals surface area contributed by atoms with E-state index in [2.05, 4.69) is 5.32 Å². The number of ether oxygens (including phenoxy) is 2. The fraction of sp³-hybridized carbons (Fsp3) is 0.529. The second-order valence-corrected chi connectivity index (χ2v) is 5.96. The molecule has 0 radical (unpaired) electrons. The average molecular weight is 335 g/mol. The monoisotopic (exact) mass is 335 g/mol. The lowest BCUT2D eigenvalue weighted by molar-refractivity contribution is -0.132. The molecule has 0 saturated carbocycles. The van der Waals surface area contributed by atoms with Crippen molar-refractivity contribution in [3.63, 3.8) is 0 Å². The summed E-state index contributed by atoms with van der Waals surface area (Å²) in [5.74, 6) is 0.147. The first-order valence-corrected chi connectivity index (χ1v) is 7.93. The highest BCUT2D eigenvalue weighted by Gasteiger charge is 2.38. The molecule has 1 atom stereocenters. The molecule has 1 fully saturated rings. The topological polar surface area (TPSA) is 71.1 Å². The van der Waals surface area contributed by atoms with Crippen LogP contribution in [0.2, 0.25) is 0 Å². The number of likely N-dealkylation sites (N-methyl/N-ethyl adjacent to an activating group) is 1. The molecule has 132 valence electrons. The second-order valence-electron chi connectivity index (χ2n) is 5.96. The molecular formula is C17H25N3O4. The van der Waals surface area contributed by atoms with Crippen molar-refractivity contribution in [3.8, 4) is 11.5 Å². The van der Waals surface area contributed by atoms with E-state index in [1.165, 1.54) is 0 Å². The number of nitrogens with one attached hydrogen (secondary N) is 1. The molecule has 1 heterocycles. The first-order valence-electron chi connectivity index (χ1n) is 7.93. The summed E-state index contributed by atoms with van der Waals surface area (Å²) < 4.78 is 10.6. The molecule has 2 rings (SSSR count). The number of nitrogens with zero attached hydrogens (tertiary/aromatic N) is 2. The Kier molecular flexibility index (Phi) is 6.03. The van der Waals surface area contributed by atoms with Crippen LogP contribution in [0.3, 0.4) is 0 Å². The van der Waals surface area contributed by atoms with Gasteiger partial charge in [-0.05, 0) is 32.6 Å². The summed E-state index contributed by atoms with van der Waals surface area (Å²) >= 11 is 0. The summed E-state index contributed by atoms with van der Waals surface area (Å²) in [5, 5.41) is 2.83. The van der Waals surface area contributed by atoms with Crippen LogP contribution >= 0.6 is 0 Å². The molecule has 0 bridgehead atoms. The SMILES string of the molecule is COc1ccc(OC)c(N2CC[C@H](C(=O)NCCN(C)C)C2=O)c1. The highest BCUT2D eigenvalue weighted by molar-refractivity contribution is 6.10. The standard InChI is InChI=1S/C17H25N3O4/c1-19(2)10-8-18-16(21)13-7-9-20(17(13)22)14-11-12(23-3)5-6-15(14)24-4/h5-6,11,13H,7-10H2,1-4H3,(H,18,21)/t13-/m1/s1. The molecule has 7 nitrogen and oxygen atoms in total. The fourth-order valence-electron chi connectivity index (χ4n) is 2.70. The van der Waals surface area contributed by atoms with Crippen LogP contribution in [0.15, 0.2) is 18.2 Å². The van der Waals surface area contributed by atoms with E-state index in [9.17, 15) is 9.59 Å². The largest absolute Gasteiger partial charge is 0.497 e. The van der Waals surface area contributed by atoms with Gasteiger partial charge in [0.05, 0.1) is 19.9 Å². The zero-order chi connectivity index (χ0) is 17.7. The lowest BCUT2D eigenvalue weighted by Gasteiger charge is -2.20. The van der Waals surface area contributed by atoms with Crippen LogP contribution < -0.4 is 19.7 Å². The van der Waals surface area contributed by atoms with Crippen molar-refractivity contribution < 1.29 is 19.1 Å². The summed E-state index contributed by atoms with van der Waals surface area (Å²) in [7, 11) is 6.99. The first kappa shape index (κ1) is 18.1. The van der Waals surface area contributed by atoms with Crippen LogP contribution in [0, 0.1) is 5.92 Å². The molecule has 1 N–H and O–H groups in total. The molecule has 2 amide bonds. The Labute approximate surface area is 142 Å². The Hall–Kier alpha value is -2.28. The summed E-state index contributed by atoms with van der Waals surface area (Å²) in [4.78, 5) is 28.5. The minimum absolute atomic E-state index is 0.205. The van der Waals surface area contributed by atoms with E-state index >= 15 is 0 Å². The van der Waals surface area contributed by atoms with E-state index in [-0.39, 0.29) is 11.8 Å². The fourth-order valence-corrected chi connectivity index (χ4v) is 2.70. The van der Waals surface area contributed by atoms with Crippen molar-refractivity contribution in [3.05, 3.63) is 18.2 Å². The van der Waals surface area contributed by atoms with Crippen molar-refractivity contribution >= 4 is 17.5 Å². The Morgan fingerprint density at radius 1 is 1.33 bits per heavy atom. The second kappa shape index (κ2) is 8.01. The Balaban J connectivity index is 2.10. The van der Waals surface area contributed by atoms with E-state index in [0.29, 0.717) is 36.7 Å². The molecule has 7 heteroatoms. The Bertz CT molecular complexity index is 603. The molecule has 1 aromatic carbocycles. The van der Waals surface area contributed by atoms with Gasteiger partial charge in [0, 0.05) is 25.7 Å². The lowest BCUT2D eigenvalue weighted by Crippen LogP contribution is -2.39. The van der Waals surface area contributed by atoms with Crippen LogP contribution in [-0.4, -0.2) is 64.7 Å². The van der Waals surface area contributed by atoms with Crippen LogP contribution in [-0.2, 0) is 9.59 Å². The average Bonchev–Trinajstić information content (AvgIpc) is 2.95. The number of rotatable bonds is 7. The maximum absolute atomic E-state index is 12.7. The number of hydrogen-bond acceptors (Lipinski definition) is 5. The molecule has 1 saturated heterocycles. The number of methoxy groups -OCH3 is 2. The molecule has 24 heavy (non-hydrogen) atoms. The number of benzene rings is 1. The van der Waals surface area contributed by atoms with Crippen LogP contribution in [0.4, 0.5) is 5.69 Å². The van der Waals surface area contributed by atoms with Gasteiger partial charge in [0.1, 0.15) is 17.4 Å². The van der Waals surface area contributed by atoms with Crippen molar-refractivity contribution in [2.24, 2.45) is 5.92 Å². The van der Waals surface area contributed by atoms with Crippen LogP contribution in [0.25, 0.3) is 0 Å². The van der Waals surface area contributed by atoms with Crippen LogP contribution in [0.1, 0.15) is 6.42 Å². The molecule has 1 aliphatic heterocycles. The third kappa shape index (κ3) is 3.97. The van der Waals surface area contributed by atoms with E-state index in [1.807, 2.05) is 19.0 Å². The van der Waals surface area contributed by atoms with Gasteiger partial charge in [0.25, 0.3) is 0 Å². The predicted molar refractivity (Wildman–Crippen MR) is 91.6 cm³/mol. The van der Waals surface area contributed by atoms with Gasteiger partial charge >= 0.3 is 0 Å². The van der Waals surface area contributed by atoms with E-state index < -0.39 is 5.92 Å². The predicted octanol–water partition coefficient (Wildman–Crippen LogP) is 0.735. The van der Waals surface area contributed by atoms with E-state index in [4.69, 9.17) is 9.47 Å². The van der Waals surface area contributed by atoms with Gasteiger partial charge in [-0.15, -0.1) is 0 Å². The quantitative estimate of drug-likeness (QED) is 0.744. The van der Waals surface area contributed by atoms with Crippen molar-refractivity contribution in [1.29, 1.82) is 0 Å². The molecular weight excluding hydrogens is 310 g/mol. The molecule has 0 spiro atoms. The summed E-state index contributed by atoms with van der Waals surface area (Å²) in [6, 6.07) is 5.28. The highest BCUT2D eigenvalue weighted by Crippen LogP contribution is 2.36. The highest BCUT2D eigenvalue weighted by atomic mass is 16.5. The maximum atomic E-state index is 12.7. The Morgan fingerprint density at radius 3 is 2.71 bits per heavy atom. The number of carbonyl (C=O) groups excluding carboxylic acids is 2. The zero-order valence-corrected chi connectivity index (χ0v) is 14.7. The third-order valence-electron chi connectivity index (χ3n) is 4.06. The van der Waals surface area contributed by atoms with Gasteiger partial charge in [-0.2, -0.15) is 0 Å².